The number of rotatable bonds is 10. The van der Waals surface area contributed by atoms with Crippen molar-refractivity contribution < 1.29 is 19.4 Å². The molecule has 8 bridgehead atoms. The fourth-order valence-corrected chi connectivity index (χ4v) is 7.97. The average molecular weight is 795 g/mol. The maximum Gasteiger partial charge on any atom is 0.335 e. The summed E-state index contributed by atoms with van der Waals surface area (Å²) >= 11 is 0. The number of hydrogen-bond donors (Lipinski definition) is 3. The van der Waals surface area contributed by atoms with Crippen LogP contribution in [0.4, 0.5) is 0 Å². The quantitative estimate of drug-likeness (QED) is 0.119. The molecule has 0 saturated carbocycles. The number of nitrogens with one attached hydrogen (secondary N) is 2. The summed E-state index contributed by atoms with van der Waals surface area (Å²) in [4.78, 5) is 29.6. The van der Waals surface area contributed by atoms with Crippen molar-refractivity contribution in [3.63, 3.8) is 0 Å². The third-order valence-electron chi connectivity index (χ3n) is 10.8. The smallest absolute Gasteiger partial charge is 0.335 e. The fourth-order valence-electron chi connectivity index (χ4n) is 7.97. The summed E-state index contributed by atoms with van der Waals surface area (Å²) in [5, 5.41) is 9.18. The monoisotopic (exact) mass is 794 g/mol. The van der Waals surface area contributed by atoms with Crippen molar-refractivity contribution >= 4 is 52.3 Å². The molecule has 5 aromatic carbocycles. The van der Waals surface area contributed by atoms with Crippen LogP contribution in [0.1, 0.15) is 33.1 Å². The van der Waals surface area contributed by atoms with Gasteiger partial charge in [-0.25, -0.2) is 14.8 Å². The number of aromatic carboxylic acids is 1. The van der Waals surface area contributed by atoms with Crippen molar-refractivity contribution in [2.24, 2.45) is 0 Å². The number of nitrogens with zero attached hydrogens (tertiary/aromatic N) is 2. The van der Waals surface area contributed by atoms with Gasteiger partial charge in [0.1, 0.15) is 24.7 Å². The van der Waals surface area contributed by atoms with Gasteiger partial charge in [0.15, 0.2) is 0 Å². The predicted octanol–water partition coefficient (Wildman–Crippen LogP) is 12.5. The van der Waals surface area contributed by atoms with E-state index in [4.69, 9.17) is 19.4 Å². The topological polar surface area (TPSA) is 113 Å². The molecule has 0 amide bonds. The lowest BCUT2D eigenvalue weighted by Gasteiger charge is -2.10. The van der Waals surface area contributed by atoms with Crippen molar-refractivity contribution in [1.29, 1.82) is 0 Å². The molecule has 0 aliphatic carbocycles. The SMILES string of the molecule is O=C(O)c1ccc(OCCOc2ccc(-c3c4nc(c(-c5ccccc5)c5ccc([nH]5)c(-c5ccccc5)c5nc(c(-c6ccccc6)c6ccc3[nH]6)C=C5)C=C4)cc2)cc1. The number of carboxylic acids is 1. The largest absolute Gasteiger partial charge is 0.490 e. The number of benzene rings is 5. The maximum atomic E-state index is 11.2. The summed E-state index contributed by atoms with van der Waals surface area (Å²) in [7, 11) is 0. The summed E-state index contributed by atoms with van der Waals surface area (Å²) in [5.41, 5.74) is 15.4. The number of fused-ring (bicyclic) bond motifs is 8. The highest BCUT2D eigenvalue weighted by Gasteiger charge is 2.19. The number of carbonyl (C=O) groups is 1. The number of hydrogen-bond acceptors (Lipinski definition) is 5. The van der Waals surface area contributed by atoms with Gasteiger partial charge < -0.3 is 24.5 Å². The van der Waals surface area contributed by atoms with Gasteiger partial charge in [0.25, 0.3) is 0 Å². The van der Waals surface area contributed by atoms with E-state index < -0.39 is 5.97 Å². The van der Waals surface area contributed by atoms with Gasteiger partial charge in [0.2, 0.25) is 0 Å². The molecule has 3 N–H and O–H groups in total. The van der Waals surface area contributed by atoms with Crippen molar-refractivity contribution in [3.05, 3.63) is 192 Å². The van der Waals surface area contributed by atoms with Crippen LogP contribution in [0.5, 0.6) is 11.5 Å². The number of H-pyrrole nitrogens is 2. The zero-order valence-corrected chi connectivity index (χ0v) is 32.9. The van der Waals surface area contributed by atoms with Gasteiger partial charge in [-0.2, -0.15) is 0 Å². The van der Waals surface area contributed by atoms with Crippen molar-refractivity contribution in [1.82, 2.24) is 19.9 Å². The molecule has 0 fully saturated rings. The van der Waals surface area contributed by atoms with E-state index in [1.165, 1.54) is 12.1 Å². The second-order valence-corrected chi connectivity index (χ2v) is 14.7. The van der Waals surface area contributed by atoms with Crippen LogP contribution >= 0.6 is 0 Å². The highest BCUT2D eigenvalue weighted by molar-refractivity contribution is 5.99. The van der Waals surface area contributed by atoms with Crippen LogP contribution in [-0.4, -0.2) is 44.2 Å². The van der Waals surface area contributed by atoms with Crippen LogP contribution in [0.25, 0.3) is 90.9 Å². The minimum absolute atomic E-state index is 0.210. The summed E-state index contributed by atoms with van der Waals surface area (Å²) in [5.74, 6) is 0.294. The van der Waals surface area contributed by atoms with E-state index in [2.05, 4.69) is 143 Å². The predicted molar refractivity (Wildman–Crippen MR) is 245 cm³/mol. The molecule has 0 radical (unpaired) electrons. The molecule has 294 valence electrons. The molecule has 2 aliphatic heterocycles. The van der Waals surface area contributed by atoms with Crippen molar-refractivity contribution in [3.8, 4) is 56.0 Å². The minimum Gasteiger partial charge on any atom is -0.490 e. The third-order valence-corrected chi connectivity index (χ3v) is 10.8. The van der Waals surface area contributed by atoms with E-state index >= 15 is 0 Å². The van der Waals surface area contributed by atoms with Crippen LogP contribution < -0.4 is 9.47 Å². The number of carboxylic acid groups (broad SMARTS) is 1. The zero-order valence-electron chi connectivity index (χ0n) is 32.9. The molecule has 8 aromatic rings. The molecule has 61 heavy (non-hydrogen) atoms. The van der Waals surface area contributed by atoms with Gasteiger partial charge in [-0.1, -0.05) is 103 Å². The van der Waals surface area contributed by atoms with E-state index in [0.717, 1.165) is 89.4 Å². The first-order valence-electron chi connectivity index (χ1n) is 20.1. The van der Waals surface area contributed by atoms with Crippen LogP contribution in [0.3, 0.4) is 0 Å². The summed E-state index contributed by atoms with van der Waals surface area (Å²) < 4.78 is 11.9. The standard InChI is InChI=1S/C53H38N4O4/c58-53(59)38-18-22-40(23-19-38)61-33-32-60-39-20-16-37(17-21-39)52-47-30-28-45(56-47)50(35-12-6-2-7-13-35)43-26-24-41(54-43)49(34-10-4-1-5-11-34)42-25-27-44(55-42)51(36-14-8-3-9-15-36)46-29-31-48(52)57-46/h1-31,54,57H,32-33H2,(H,58,59). The van der Waals surface area contributed by atoms with E-state index in [1.54, 1.807) is 12.1 Å². The van der Waals surface area contributed by atoms with Crippen LogP contribution in [0, 0.1) is 0 Å². The van der Waals surface area contributed by atoms with Gasteiger partial charge >= 0.3 is 5.97 Å². The van der Waals surface area contributed by atoms with Gasteiger partial charge in [-0.15, -0.1) is 0 Å². The Balaban J connectivity index is 1.14. The third kappa shape index (κ3) is 7.50. The first-order chi connectivity index (χ1) is 30.1. The zero-order chi connectivity index (χ0) is 41.1. The lowest BCUT2D eigenvalue weighted by atomic mass is 10.0. The first-order valence-corrected chi connectivity index (χ1v) is 20.1. The molecule has 0 spiro atoms. The Labute approximate surface area is 351 Å². The Bertz CT molecular complexity index is 3100. The molecule has 8 nitrogen and oxygen atoms in total. The molecule has 10 rings (SSSR count). The highest BCUT2D eigenvalue weighted by atomic mass is 16.5. The summed E-state index contributed by atoms with van der Waals surface area (Å²) in [6.07, 6.45) is 8.41. The second-order valence-electron chi connectivity index (χ2n) is 14.7. The van der Waals surface area contributed by atoms with E-state index in [0.29, 0.717) is 24.7 Å². The Morgan fingerprint density at radius 3 is 1.05 bits per heavy atom. The van der Waals surface area contributed by atoms with Gasteiger partial charge in [0, 0.05) is 44.3 Å². The average Bonchev–Trinajstić information content (AvgIpc) is 4.15. The van der Waals surface area contributed by atoms with E-state index in [9.17, 15) is 9.90 Å². The van der Waals surface area contributed by atoms with Crippen LogP contribution in [0.15, 0.2) is 164 Å². The molecular weight excluding hydrogens is 757 g/mol. The Kier molecular flexibility index (Phi) is 9.84. The fraction of sp³-hybridized carbons (Fsp3) is 0.0377. The second kappa shape index (κ2) is 16.2. The van der Waals surface area contributed by atoms with Crippen molar-refractivity contribution in [2.45, 2.75) is 0 Å². The molecule has 8 heteroatoms. The van der Waals surface area contributed by atoms with E-state index in [-0.39, 0.29) is 5.56 Å². The van der Waals surface area contributed by atoms with Crippen molar-refractivity contribution in [2.75, 3.05) is 13.2 Å². The maximum absolute atomic E-state index is 11.2. The molecule has 5 heterocycles. The first kappa shape index (κ1) is 37.1. The van der Waals surface area contributed by atoms with Gasteiger partial charge in [0.05, 0.1) is 28.3 Å². The normalized spacial score (nSPS) is 11.7. The van der Waals surface area contributed by atoms with Crippen LogP contribution in [-0.2, 0) is 0 Å². The summed E-state index contributed by atoms with van der Waals surface area (Å²) in [6.45, 7) is 0.605. The van der Waals surface area contributed by atoms with E-state index in [1.807, 2.05) is 30.3 Å². The molecule has 0 atom stereocenters. The lowest BCUT2D eigenvalue weighted by Crippen LogP contribution is -2.09. The van der Waals surface area contributed by atoms with Crippen LogP contribution in [0.2, 0.25) is 0 Å². The van der Waals surface area contributed by atoms with Gasteiger partial charge in [-0.3, -0.25) is 0 Å². The Morgan fingerprint density at radius 2 is 0.721 bits per heavy atom. The number of ether oxygens (including phenoxy) is 2. The molecule has 2 aliphatic rings. The molecule has 0 unspecified atom stereocenters. The van der Waals surface area contributed by atoms with Gasteiger partial charge in [-0.05, 0) is 107 Å². The lowest BCUT2D eigenvalue weighted by molar-refractivity contribution is 0.0696. The molecule has 0 saturated heterocycles. The Morgan fingerprint density at radius 1 is 0.410 bits per heavy atom. The number of aromatic amines is 2. The summed E-state index contributed by atoms with van der Waals surface area (Å²) in [6, 6.07) is 54.0. The molecule has 3 aromatic heterocycles. The Hall–Kier alpha value is -8.23. The minimum atomic E-state index is -0.976. The molecular formula is C53H38N4O4. The highest BCUT2D eigenvalue weighted by Crippen LogP contribution is 2.38. The number of aromatic nitrogens is 4.